The van der Waals surface area contributed by atoms with Gasteiger partial charge in [-0.25, -0.2) is 0 Å². The molecule has 0 unspecified atom stereocenters. The molecule has 3 heteroatoms. The lowest BCUT2D eigenvalue weighted by molar-refractivity contribution is 0.107. The van der Waals surface area contributed by atoms with E-state index in [1.165, 1.54) is 51.3 Å². The summed E-state index contributed by atoms with van der Waals surface area (Å²) >= 11 is 0. The standard InChI is InChI=1S/C18H25N3/c1-2-6-19-18(3-1)14-21-9-7-20(8-10-21)13-17-12-15-4-5-16(17)11-15/h1-6,15-17H,7-14H2/t15-,16-,17-/m0/s1. The van der Waals surface area contributed by atoms with Crippen LogP contribution in [0.3, 0.4) is 0 Å². The molecule has 3 aliphatic rings. The highest BCUT2D eigenvalue weighted by Crippen LogP contribution is 2.43. The number of fused-ring (bicyclic) bond motifs is 2. The first-order valence-corrected chi connectivity index (χ1v) is 8.40. The van der Waals surface area contributed by atoms with Crippen LogP contribution in [0.1, 0.15) is 18.5 Å². The van der Waals surface area contributed by atoms with Gasteiger partial charge in [0.05, 0.1) is 5.69 Å². The van der Waals surface area contributed by atoms with Crippen LogP contribution in [0.15, 0.2) is 36.5 Å². The summed E-state index contributed by atoms with van der Waals surface area (Å²) in [5.41, 5.74) is 1.20. The lowest BCUT2D eigenvalue weighted by atomic mass is 9.93. The summed E-state index contributed by atoms with van der Waals surface area (Å²) in [7, 11) is 0. The molecule has 0 aromatic carbocycles. The molecule has 0 N–H and O–H groups in total. The van der Waals surface area contributed by atoms with Crippen molar-refractivity contribution in [2.75, 3.05) is 32.7 Å². The number of aromatic nitrogens is 1. The first-order valence-electron chi connectivity index (χ1n) is 8.40. The second-order valence-corrected chi connectivity index (χ2v) is 6.94. The number of hydrogen-bond acceptors (Lipinski definition) is 3. The molecule has 2 aliphatic carbocycles. The maximum atomic E-state index is 4.44. The Kier molecular flexibility index (Phi) is 3.78. The molecule has 3 nitrogen and oxygen atoms in total. The SMILES string of the molecule is C1=C[C@H]2C[C@H]1C[C@H]2CN1CCN(Cc2ccccn2)CC1. The predicted octanol–water partition coefficient (Wildman–Crippen LogP) is 2.41. The van der Waals surface area contributed by atoms with Gasteiger partial charge in [-0.2, -0.15) is 0 Å². The van der Waals surface area contributed by atoms with Crippen LogP contribution in [0.25, 0.3) is 0 Å². The molecule has 3 atom stereocenters. The van der Waals surface area contributed by atoms with Crippen LogP contribution in [-0.4, -0.2) is 47.5 Å². The Labute approximate surface area is 127 Å². The van der Waals surface area contributed by atoms with Crippen LogP contribution < -0.4 is 0 Å². The Balaban J connectivity index is 1.24. The van der Waals surface area contributed by atoms with Gasteiger partial charge in [0, 0.05) is 45.5 Å². The summed E-state index contributed by atoms with van der Waals surface area (Å²) in [5.74, 6) is 2.73. The second kappa shape index (κ2) is 5.90. The fourth-order valence-corrected chi connectivity index (χ4v) is 4.29. The van der Waals surface area contributed by atoms with E-state index in [4.69, 9.17) is 0 Å². The van der Waals surface area contributed by atoms with Gasteiger partial charge in [0.2, 0.25) is 0 Å². The van der Waals surface area contributed by atoms with Gasteiger partial charge in [-0.3, -0.25) is 9.88 Å². The fourth-order valence-electron chi connectivity index (χ4n) is 4.29. The van der Waals surface area contributed by atoms with Gasteiger partial charge in [-0.1, -0.05) is 18.2 Å². The van der Waals surface area contributed by atoms with Crippen LogP contribution in [-0.2, 0) is 6.54 Å². The van der Waals surface area contributed by atoms with Crippen molar-refractivity contribution in [1.82, 2.24) is 14.8 Å². The normalized spacial score (nSPS) is 32.9. The average molecular weight is 283 g/mol. The largest absolute Gasteiger partial charge is 0.300 e. The van der Waals surface area contributed by atoms with Crippen molar-refractivity contribution >= 4 is 0 Å². The molecule has 0 radical (unpaired) electrons. The minimum atomic E-state index is 0.890. The minimum absolute atomic E-state index is 0.890. The maximum Gasteiger partial charge on any atom is 0.0543 e. The van der Waals surface area contributed by atoms with E-state index in [-0.39, 0.29) is 0 Å². The molecule has 112 valence electrons. The summed E-state index contributed by atoms with van der Waals surface area (Å²) in [4.78, 5) is 9.67. The van der Waals surface area contributed by atoms with Crippen molar-refractivity contribution < 1.29 is 0 Å². The quantitative estimate of drug-likeness (QED) is 0.791. The molecule has 2 bridgehead atoms. The van der Waals surface area contributed by atoms with E-state index in [0.717, 1.165) is 24.3 Å². The van der Waals surface area contributed by atoms with Gasteiger partial charge in [-0.15, -0.1) is 0 Å². The summed E-state index contributed by atoms with van der Waals surface area (Å²) in [5, 5.41) is 0. The van der Waals surface area contributed by atoms with E-state index in [1.54, 1.807) is 0 Å². The van der Waals surface area contributed by atoms with Crippen molar-refractivity contribution in [3.05, 3.63) is 42.2 Å². The third-order valence-corrected chi connectivity index (χ3v) is 5.49. The molecule has 1 saturated heterocycles. The van der Waals surface area contributed by atoms with E-state index >= 15 is 0 Å². The molecule has 21 heavy (non-hydrogen) atoms. The number of rotatable bonds is 4. The summed E-state index contributed by atoms with van der Waals surface area (Å²) in [6.45, 7) is 7.16. The van der Waals surface area contributed by atoms with E-state index in [2.05, 4.69) is 39.1 Å². The lowest BCUT2D eigenvalue weighted by Gasteiger charge is -2.36. The molecule has 4 rings (SSSR count). The van der Waals surface area contributed by atoms with Crippen molar-refractivity contribution in [1.29, 1.82) is 0 Å². The highest BCUT2D eigenvalue weighted by molar-refractivity contribution is 5.10. The molecule has 1 aromatic heterocycles. The smallest absolute Gasteiger partial charge is 0.0543 e. The van der Waals surface area contributed by atoms with Gasteiger partial charge in [0.15, 0.2) is 0 Å². The first-order chi connectivity index (χ1) is 10.4. The number of piperazine rings is 1. The van der Waals surface area contributed by atoms with E-state index in [0.29, 0.717) is 0 Å². The van der Waals surface area contributed by atoms with Crippen molar-refractivity contribution in [3.63, 3.8) is 0 Å². The third-order valence-electron chi connectivity index (χ3n) is 5.49. The van der Waals surface area contributed by atoms with Gasteiger partial charge >= 0.3 is 0 Å². The number of pyridine rings is 1. The van der Waals surface area contributed by atoms with E-state index in [9.17, 15) is 0 Å². The average Bonchev–Trinajstić information content (AvgIpc) is 3.13. The molecule has 2 heterocycles. The van der Waals surface area contributed by atoms with Crippen molar-refractivity contribution in [2.45, 2.75) is 19.4 Å². The van der Waals surface area contributed by atoms with Crippen LogP contribution >= 0.6 is 0 Å². The molecule has 1 saturated carbocycles. The first kappa shape index (κ1) is 13.5. The number of allylic oxidation sites excluding steroid dienone is 2. The topological polar surface area (TPSA) is 19.4 Å². The van der Waals surface area contributed by atoms with Gasteiger partial charge in [0.25, 0.3) is 0 Å². The monoisotopic (exact) mass is 283 g/mol. The zero-order valence-electron chi connectivity index (χ0n) is 12.7. The number of nitrogens with zero attached hydrogens (tertiary/aromatic N) is 3. The van der Waals surface area contributed by atoms with E-state index in [1.807, 2.05) is 12.3 Å². The molecule has 0 amide bonds. The van der Waals surface area contributed by atoms with Crippen LogP contribution in [0, 0.1) is 17.8 Å². The fraction of sp³-hybridized carbons (Fsp3) is 0.611. The Morgan fingerprint density at radius 3 is 2.52 bits per heavy atom. The van der Waals surface area contributed by atoms with Crippen LogP contribution in [0.4, 0.5) is 0 Å². The summed E-state index contributed by atoms with van der Waals surface area (Å²) in [6, 6.07) is 6.21. The zero-order chi connectivity index (χ0) is 14.1. The van der Waals surface area contributed by atoms with Crippen molar-refractivity contribution in [2.24, 2.45) is 17.8 Å². The third kappa shape index (κ3) is 3.04. The van der Waals surface area contributed by atoms with Crippen LogP contribution in [0.5, 0.6) is 0 Å². The predicted molar refractivity (Wildman–Crippen MR) is 84.8 cm³/mol. The Bertz CT molecular complexity index is 490. The molecule has 1 aromatic rings. The molecule has 1 aliphatic heterocycles. The lowest BCUT2D eigenvalue weighted by Crippen LogP contribution is -2.47. The molecular formula is C18H25N3. The number of hydrogen-bond donors (Lipinski definition) is 0. The highest BCUT2D eigenvalue weighted by Gasteiger charge is 2.36. The van der Waals surface area contributed by atoms with E-state index < -0.39 is 0 Å². The van der Waals surface area contributed by atoms with Gasteiger partial charge in [-0.05, 0) is 42.7 Å². The Morgan fingerprint density at radius 1 is 1.00 bits per heavy atom. The van der Waals surface area contributed by atoms with Crippen molar-refractivity contribution in [3.8, 4) is 0 Å². The maximum absolute atomic E-state index is 4.44. The highest BCUT2D eigenvalue weighted by atomic mass is 15.3. The minimum Gasteiger partial charge on any atom is -0.300 e. The van der Waals surface area contributed by atoms with Crippen LogP contribution in [0.2, 0.25) is 0 Å². The zero-order valence-corrected chi connectivity index (χ0v) is 12.7. The Hall–Kier alpha value is -1.19. The molecule has 2 fully saturated rings. The van der Waals surface area contributed by atoms with Gasteiger partial charge < -0.3 is 4.90 Å². The Morgan fingerprint density at radius 2 is 1.86 bits per heavy atom. The summed E-state index contributed by atoms with van der Waals surface area (Å²) < 4.78 is 0. The molecule has 0 spiro atoms. The summed E-state index contributed by atoms with van der Waals surface area (Å²) in [6.07, 6.45) is 9.70. The van der Waals surface area contributed by atoms with Gasteiger partial charge in [0.1, 0.15) is 0 Å². The molecular weight excluding hydrogens is 258 g/mol. The second-order valence-electron chi connectivity index (χ2n) is 6.94.